The first-order valence-corrected chi connectivity index (χ1v) is 11.4. The van der Waals surface area contributed by atoms with Crippen molar-refractivity contribution < 1.29 is 8.42 Å². The zero-order valence-corrected chi connectivity index (χ0v) is 17.9. The van der Waals surface area contributed by atoms with Gasteiger partial charge in [0.25, 0.3) is 0 Å². The van der Waals surface area contributed by atoms with E-state index in [9.17, 15) is 8.42 Å². The fourth-order valence-corrected chi connectivity index (χ4v) is 6.58. The van der Waals surface area contributed by atoms with E-state index in [2.05, 4.69) is 17.1 Å². The lowest BCUT2D eigenvalue weighted by Gasteiger charge is -2.37. The molecule has 1 aliphatic rings. The Morgan fingerprint density at radius 2 is 1.66 bits per heavy atom. The Kier molecular flexibility index (Phi) is 5.28. The topological polar surface area (TPSA) is 50.3 Å². The molecule has 0 bridgehead atoms. The maximum absolute atomic E-state index is 13.9. The van der Waals surface area contributed by atoms with E-state index in [4.69, 9.17) is 0 Å². The fraction of sp³-hybridized carbons (Fsp3) is 0.292. The van der Waals surface area contributed by atoms with Crippen molar-refractivity contribution >= 4 is 10.0 Å². The summed E-state index contributed by atoms with van der Waals surface area (Å²) in [5.74, 6) is 0. The van der Waals surface area contributed by atoms with E-state index in [1.54, 1.807) is 16.7 Å². The van der Waals surface area contributed by atoms with E-state index in [1.165, 1.54) is 5.56 Å². The molecule has 1 aliphatic heterocycles. The first-order chi connectivity index (χ1) is 13.9. The fourth-order valence-electron chi connectivity index (χ4n) is 4.56. The minimum absolute atomic E-state index is 0.229. The van der Waals surface area contributed by atoms with E-state index in [-0.39, 0.29) is 6.04 Å². The second kappa shape index (κ2) is 7.73. The number of hydrogen-bond acceptors (Lipinski definition) is 3. The van der Waals surface area contributed by atoms with Gasteiger partial charge in [-0.05, 0) is 73.6 Å². The zero-order valence-electron chi connectivity index (χ0n) is 17.1. The quantitative estimate of drug-likeness (QED) is 0.639. The Morgan fingerprint density at radius 3 is 2.34 bits per heavy atom. The molecule has 150 valence electrons. The number of aryl methyl sites for hydroxylation is 3. The highest BCUT2D eigenvalue weighted by atomic mass is 32.2. The molecule has 29 heavy (non-hydrogen) atoms. The third-order valence-corrected chi connectivity index (χ3v) is 7.93. The van der Waals surface area contributed by atoms with Crippen LogP contribution in [0.3, 0.4) is 0 Å². The minimum Gasteiger partial charge on any atom is -0.265 e. The Bertz CT molecular complexity index is 1120. The van der Waals surface area contributed by atoms with Crippen LogP contribution in [0.4, 0.5) is 0 Å². The maximum atomic E-state index is 13.9. The van der Waals surface area contributed by atoms with Gasteiger partial charge in [0.05, 0.1) is 10.9 Å². The summed E-state index contributed by atoms with van der Waals surface area (Å²) in [5.41, 5.74) is 6.11. The van der Waals surface area contributed by atoms with Crippen LogP contribution in [-0.2, 0) is 22.9 Å². The molecule has 0 aliphatic carbocycles. The third-order valence-electron chi connectivity index (χ3n) is 5.71. The Balaban J connectivity index is 1.83. The number of sulfonamides is 1. The molecule has 0 spiro atoms. The highest BCUT2D eigenvalue weighted by Gasteiger charge is 2.37. The van der Waals surface area contributed by atoms with E-state index in [0.717, 1.165) is 34.2 Å². The second-order valence-corrected chi connectivity index (χ2v) is 9.70. The predicted molar refractivity (Wildman–Crippen MR) is 115 cm³/mol. The molecule has 2 aromatic carbocycles. The van der Waals surface area contributed by atoms with Crippen molar-refractivity contribution in [2.75, 3.05) is 6.54 Å². The summed E-state index contributed by atoms with van der Waals surface area (Å²) < 4.78 is 29.4. The highest BCUT2D eigenvalue weighted by Crippen LogP contribution is 2.38. The van der Waals surface area contributed by atoms with Crippen molar-refractivity contribution in [2.24, 2.45) is 0 Å². The van der Waals surface area contributed by atoms with Crippen molar-refractivity contribution in [1.29, 1.82) is 0 Å². The average Bonchev–Trinajstić information content (AvgIpc) is 2.68. The predicted octanol–water partition coefficient (Wildman–Crippen LogP) is 4.54. The molecule has 0 amide bonds. The number of rotatable bonds is 4. The van der Waals surface area contributed by atoms with Gasteiger partial charge in [0, 0.05) is 18.9 Å². The Labute approximate surface area is 173 Å². The monoisotopic (exact) mass is 406 g/mol. The van der Waals surface area contributed by atoms with E-state index in [0.29, 0.717) is 17.9 Å². The van der Waals surface area contributed by atoms with Gasteiger partial charge in [0.15, 0.2) is 0 Å². The molecule has 3 aromatic rings. The number of nitrogens with zero attached hydrogens (tertiary/aromatic N) is 2. The van der Waals surface area contributed by atoms with Crippen LogP contribution in [-0.4, -0.2) is 24.3 Å². The van der Waals surface area contributed by atoms with Gasteiger partial charge in [-0.3, -0.25) is 4.98 Å². The van der Waals surface area contributed by atoms with Crippen LogP contribution in [0.15, 0.2) is 65.8 Å². The molecule has 5 heteroatoms. The Hall–Kier alpha value is -2.50. The van der Waals surface area contributed by atoms with Crippen molar-refractivity contribution in [3.63, 3.8) is 0 Å². The van der Waals surface area contributed by atoms with Gasteiger partial charge in [-0.1, -0.05) is 42.0 Å². The molecule has 1 atom stereocenters. The first-order valence-electron chi connectivity index (χ1n) is 9.94. The standard InChI is InChI=1S/C24H26N2O2S/c1-17-14-18(2)24(19(3)15-17)29(27,28)26-13-10-21-6-4-5-7-22(21)23(26)16-20-8-11-25-12-9-20/h4-9,11-12,14-15,23H,10,13,16H2,1-3H3. The second-order valence-electron chi connectivity index (χ2n) is 7.87. The van der Waals surface area contributed by atoms with Crippen LogP contribution in [0.2, 0.25) is 0 Å². The maximum Gasteiger partial charge on any atom is 0.244 e. The molecule has 0 saturated carbocycles. The Morgan fingerprint density at radius 1 is 1.00 bits per heavy atom. The number of aromatic nitrogens is 1. The molecule has 0 saturated heterocycles. The van der Waals surface area contributed by atoms with Gasteiger partial charge < -0.3 is 0 Å². The van der Waals surface area contributed by atoms with Crippen LogP contribution in [0, 0.1) is 20.8 Å². The van der Waals surface area contributed by atoms with Crippen molar-refractivity contribution in [3.05, 3.63) is 94.3 Å². The molecule has 0 radical (unpaired) electrons. The number of fused-ring (bicyclic) bond motifs is 1. The SMILES string of the molecule is Cc1cc(C)c(S(=O)(=O)N2CCc3ccccc3C2Cc2ccncc2)c(C)c1. The molecular formula is C24H26N2O2S. The summed E-state index contributed by atoms with van der Waals surface area (Å²) in [6.07, 6.45) is 4.88. The van der Waals surface area contributed by atoms with Gasteiger partial charge in [0.1, 0.15) is 0 Å². The van der Waals surface area contributed by atoms with Gasteiger partial charge in [-0.15, -0.1) is 0 Å². The van der Waals surface area contributed by atoms with Crippen LogP contribution >= 0.6 is 0 Å². The van der Waals surface area contributed by atoms with Crippen molar-refractivity contribution in [2.45, 2.75) is 44.6 Å². The van der Waals surface area contributed by atoms with Gasteiger partial charge in [-0.2, -0.15) is 4.31 Å². The van der Waals surface area contributed by atoms with Gasteiger partial charge >= 0.3 is 0 Å². The van der Waals surface area contributed by atoms with E-state index in [1.807, 2.05) is 57.2 Å². The largest absolute Gasteiger partial charge is 0.265 e. The lowest BCUT2D eigenvalue weighted by molar-refractivity contribution is 0.305. The number of pyridine rings is 1. The summed E-state index contributed by atoms with van der Waals surface area (Å²) in [6.45, 7) is 6.27. The van der Waals surface area contributed by atoms with Crippen LogP contribution in [0.1, 0.15) is 39.4 Å². The molecule has 0 N–H and O–H groups in total. The summed E-state index contributed by atoms with van der Waals surface area (Å²) in [4.78, 5) is 4.54. The highest BCUT2D eigenvalue weighted by molar-refractivity contribution is 7.89. The number of hydrogen-bond donors (Lipinski definition) is 0. The summed E-state index contributed by atoms with van der Waals surface area (Å²) in [5, 5.41) is 0. The lowest BCUT2D eigenvalue weighted by Crippen LogP contribution is -2.41. The normalized spacial score (nSPS) is 17.1. The van der Waals surface area contributed by atoms with Crippen LogP contribution in [0.25, 0.3) is 0 Å². The smallest absolute Gasteiger partial charge is 0.244 e. The van der Waals surface area contributed by atoms with Crippen LogP contribution < -0.4 is 0 Å². The molecule has 4 rings (SSSR count). The van der Waals surface area contributed by atoms with Gasteiger partial charge in [0.2, 0.25) is 10.0 Å². The van der Waals surface area contributed by atoms with Crippen molar-refractivity contribution in [3.8, 4) is 0 Å². The molecule has 1 unspecified atom stereocenters. The molecule has 2 heterocycles. The molecular weight excluding hydrogens is 380 g/mol. The number of benzene rings is 2. The zero-order chi connectivity index (χ0) is 20.6. The van der Waals surface area contributed by atoms with E-state index < -0.39 is 10.0 Å². The van der Waals surface area contributed by atoms with Crippen molar-refractivity contribution in [1.82, 2.24) is 9.29 Å². The van der Waals surface area contributed by atoms with Crippen LogP contribution in [0.5, 0.6) is 0 Å². The molecule has 4 nitrogen and oxygen atoms in total. The average molecular weight is 407 g/mol. The first kappa shape index (κ1) is 19.8. The summed E-state index contributed by atoms with van der Waals surface area (Å²) in [6, 6.07) is 15.8. The summed E-state index contributed by atoms with van der Waals surface area (Å²) >= 11 is 0. The van der Waals surface area contributed by atoms with E-state index >= 15 is 0 Å². The summed E-state index contributed by atoms with van der Waals surface area (Å²) in [7, 11) is -3.63. The van der Waals surface area contributed by atoms with Gasteiger partial charge in [-0.25, -0.2) is 8.42 Å². The minimum atomic E-state index is -3.63. The lowest BCUT2D eigenvalue weighted by atomic mass is 9.90. The molecule has 1 aromatic heterocycles. The molecule has 0 fully saturated rings. The third kappa shape index (κ3) is 3.72.